The number of hydrogen-bond donors (Lipinski definition) is 8. The number of carboxylic acids is 1. The van der Waals surface area contributed by atoms with Crippen molar-refractivity contribution in [3.63, 3.8) is 0 Å². The first kappa shape index (κ1) is 30.1. The molecule has 0 saturated heterocycles. The lowest BCUT2D eigenvalue weighted by atomic mass is 9.99. The van der Waals surface area contributed by atoms with Crippen LogP contribution in [0.5, 0.6) is 5.75 Å². The number of hydrogen-bond acceptors (Lipinski definition) is 7. The number of carbonyl (C=O) groups excluding carboxylic acids is 3. The van der Waals surface area contributed by atoms with Crippen LogP contribution in [0, 0.1) is 5.92 Å². The molecule has 0 radical (unpaired) electrons. The quantitative estimate of drug-likeness (QED) is 0.146. The van der Waals surface area contributed by atoms with Gasteiger partial charge in [-0.3, -0.25) is 14.4 Å². The van der Waals surface area contributed by atoms with Gasteiger partial charge in [0, 0.05) is 23.5 Å². The van der Waals surface area contributed by atoms with Crippen molar-refractivity contribution in [2.24, 2.45) is 11.7 Å². The zero-order chi connectivity index (χ0) is 29.4. The van der Waals surface area contributed by atoms with Gasteiger partial charge in [-0.05, 0) is 41.7 Å². The van der Waals surface area contributed by atoms with Gasteiger partial charge in [-0.2, -0.15) is 0 Å². The molecule has 0 aliphatic carbocycles. The highest BCUT2D eigenvalue weighted by atomic mass is 16.4. The van der Waals surface area contributed by atoms with Crippen LogP contribution in [0.15, 0.2) is 54.7 Å². The summed E-state index contributed by atoms with van der Waals surface area (Å²) in [4.78, 5) is 53.8. The number of aliphatic hydroxyl groups is 1. The van der Waals surface area contributed by atoms with E-state index in [0.29, 0.717) is 5.56 Å². The first-order valence-corrected chi connectivity index (χ1v) is 12.8. The molecule has 1 aromatic heterocycles. The fourth-order valence-corrected chi connectivity index (χ4v) is 4.22. The molecular weight excluding hydrogens is 518 g/mol. The summed E-state index contributed by atoms with van der Waals surface area (Å²) in [6.07, 6.45) is 1.97. The number of aromatic nitrogens is 1. The highest BCUT2D eigenvalue weighted by Crippen LogP contribution is 2.19. The minimum Gasteiger partial charge on any atom is -0.508 e. The van der Waals surface area contributed by atoms with Crippen molar-refractivity contribution < 1.29 is 34.5 Å². The number of phenolic OH excluding ortho intramolecular Hbond substituents is 1. The molecule has 1 heterocycles. The number of nitrogens with one attached hydrogen (secondary N) is 4. The van der Waals surface area contributed by atoms with E-state index in [9.17, 15) is 34.5 Å². The summed E-state index contributed by atoms with van der Waals surface area (Å²) in [7, 11) is 0. The number of rotatable bonds is 13. The van der Waals surface area contributed by atoms with Gasteiger partial charge in [0.2, 0.25) is 17.7 Å². The van der Waals surface area contributed by atoms with Crippen LogP contribution < -0.4 is 21.7 Å². The third kappa shape index (κ3) is 7.80. The fourth-order valence-electron chi connectivity index (χ4n) is 4.22. The highest BCUT2D eigenvalue weighted by Gasteiger charge is 2.32. The summed E-state index contributed by atoms with van der Waals surface area (Å²) < 4.78 is 0. The van der Waals surface area contributed by atoms with Crippen LogP contribution in [0.1, 0.15) is 25.0 Å². The van der Waals surface area contributed by atoms with E-state index in [2.05, 4.69) is 20.9 Å². The Morgan fingerprint density at radius 2 is 1.52 bits per heavy atom. The average Bonchev–Trinajstić information content (AvgIpc) is 3.32. The summed E-state index contributed by atoms with van der Waals surface area (Å²) in [5.74, 6) is -3.88. The molecule has 40 heavy (non-hydrogen) atoms. The molecule has 0 saturated carbocycles. The number of amides is 3. The molecule has 0 spiro atoms. The number of aromatic hydroxyl groups is 1. The zero-order valence-electron chi connectivity index (χ0n) is 22.3. The maximum absolute atomic E-state index is 13.3. The Balaban J connectivity index is 1.73. The predicted molar refractivity (Wildman–Crippen MR) is 147 cm³/mol. The van der Waals surface area contributed by atoms with E-state index in [-0.39, 0.29) is 24.5 Å². The Morgan fingerprint density at radius 3 is 2.15 bits per heavy atom. The molecule has 0 fully saturated rings. The lowest BCUT2D eigenvalue weighted by Gasteiger charge is -2.27. The van der Waals surface area contributed by atoms with Crippen molar-refractivity contribution in [1.29, 1.82) is 0 Å². The lowest BCUT2D eigenvalue weighted by molar-refractivity contribution is -0.143. The number of para-hydroxylation sites is 1. The monoisotopic (exact) mass is 553 g/mol. The molecule has 9 N–H and O–H groups in total. The van der Waals surface area contributed by atoms with Gasteiger partial charge >= 0.3 is 5.97 Å². The molecule has 0 aliphatic rings. The van der Waals surface area contributed by atoms with E-state index in [0.717, 1.165) is 16.5 Å². The molecule has 2 aromatic carbocycles. The fraction of sp³-hybridized carbons (Fsp3) is 0.357. The molecule has 12 heteroatoms. The SMILES string of the molecule is CC(C)C(NC(=O)C(N)Cc1c[nH]c2ccccc12)C(=O)NC(Cc1ccc(O)cc1)C(=O)NC(CO)C(=O)O. The van der Waals surface area contributed by atoms with Gasteiger partial charge in [0.1, 0.15) is 23.9 Å². The number of nitrogens with two attached hydrogens (primary N) is 1. The number of fused-ring (bicyclic) bond motifs is 1. The number of benzene rings is 2. The van der Waals surface area contributed by atoms with E-state index < -0.39 is 54.5 Å². The summed E-state index contributed by atoms with van der Waals surface area (Å²) in [6.45, 7) is 2.59. The van der Waals surface area contributed by atoms with Crippen molar-refractivity contribution >= 4 is 34.6 Å². The summed E-state index contributed by atoms with van der Waals surface area (Å²) in [6, 6.07) is 8.69. The second kappa shape index (κ2) is 13.6. The van der Waals surface area contributed by atoms with Crippen LogP contribution in [0.4, 0.5) is 0 Å². The van der Waals surface area contributed by atoms with Gasteiger partial charge in [-0.15, -0.1) is 0 Å². The van der Waals surface area contributed by atoms with Crippen LogP contribution in [0.3, 0.4) is 0 Å². The first-order chi connectivity index (χ1) is 19.0. The third-order valence-electron chi connectivity index (χ3n) is 6.50. The van der Waals surface area contributed by atoms with Gasteiger partial charge in [0.25, 0.3) is 0 Å². The predicted octanol–water partition coefficient (Wildman–Crippen LogP) is 0.173. The molecule has 3 amide bonds. The normalized spacial score (nSPS) is 14.2. The summed E-state index contributed by atoms with van der Waals surface area (Å²) in [5.41, 5.74) is 8.52. The zero-order valence-corrected chi connectivity index (χ0v) is 22.3. The Kier molecular flexibility index (Phi) is 10.2. The lowest BCUT2D eigenvalue weighted by Crippen LogP contribution is -2.59. The Hall–Kier alpha value is -4.42. The minimum atomic E-state index is -1.57. The van der Waals surface area contributed by atoms with Crippen LogP contribution in [-0.2, 0) is 32.0 Å². The number of phenols is 1. The van der Waals surface area contributed by atoms with Gasteiger partial charge in [-0.25, -0.2) is 4.79 Å². The van der Waals surface area contributed by atoms with Crippen molar-refractivity contribution in [1.82, 2.24) is 20.9 Å². The second-order valence-electron chi connectivity index (χ2n) is 9.91. The van der Waals surface area contributed by atoms with Crippen molar-refractivity contribution in [2.45, 2.75) is 50.9 Å². The molecular formula is C28H35N5O7. The Morgan fingerprint density at radius 1 is 0.875 bits per heavy atom. The molecule has 4 atom stereocenters. The van der Waals surface area contributed by atoms with Crippen LogP contribution in [-0.4, -0.2) is 74.8 Å². The van der Waals surface area contributed by atoms with Crippen LogP contribution >= 0.6 is 0 Å². The molecule has 3 rings (SSSR count). The minimum absolute atomic E-state index is 0.00608. The molecule has 3 aromatic rings. The first-order valence-electron chi connectivity index (χ1n) is 12.8. The standard InChI is InChI=1S/C28H35N5O7/c1-15(2)24(33-25(36)20(29)12-17-13-30-21-6-4-3-5-19(17)21)27(38)31-22(11-16-7-9-18(35)10-8-16)26(37)32-23(14-34)28(39)40/h3-10,13,15,20,22-24,30,34-35H,11-12,14,29H2,1-2H3,(H,31,38)(H,32,37)(H,33,36)(H,39,40). The number of aliphatic hydroxyl groups excluding tert-OH is 1. The van der Waals surface area contributed by atoms with Gasteiger partial charge < -0.3 is 42.0 Å². The smallest absolute Gasteiger partial charge is 0.328 e. The number of carbonyl (C=O) groups is 4. The Bertz CT molecular complexity index is 1340. The number of aromatic amines is 1. The molecule has 4 unspecified atom stereocenters. The van der Waals surface area contributed by atoms with Gasteiger partial charge in [0.15, 0.2) is 0 Å². The van der Waals surface area contributed by atoms with E-state index in [1.807, 2.05) is 24.3 Å². The highest BCUT2D eigenvalue weighted by molar-refractivity contribution is 5.94. The molecule has 0 bridgehead atoms. The number of aliphatic carboxylic acids is 1. The summed E-state index contributed by atoms with van der Waals surface area (Å²) in [5, 5.41) is 36.5. The van der Waals surface area contributed by atoms with Crippen LogP contribution in [0.2, 0.25) is 0 Å². The van der Waals surface area contributed by atoms with Crippen LogP contribution in [0.25, 0.3) is 10.9 Å². The summed E-state index contributed by atoms with van der Waals surface area (Å²) >= 11 is 0. The average molecular weight is 554 g/mol. The van der Waals surface area contributed by atoms with Gasteiger partial charge in [0.05, 0.1) is 12.6 Å². The maximum Gasteiger partial charge on any atom is 0.328 e. The second-order valence-corrected chi connectivity index (χ2v) is 9.91. The number of H-pyrrole nitrogens is 1. The number of carboxylic acid groups (broad SMARTS) is 1. The van der Waals surface area contributed by atoms with E-state index >= 15 is 0 Å². The van der Waals surface area contributed by atoms with E-state index in [1.165, 1.54) is 12.1 Å². The molecule has 0 aliphatic heterocycles. The largest absolute Gasteiger partial charge is 0.508 e. The third-order valence-corrected chi connectivity index (χ3v) is 6.50. The molecule has 12 nitrogen and oxygen atoms in total. The van der Waals surface area contributed by atoms with E-state index in [4.69, 9.17) is 5.73 Å². The van der Waals surface area contributed by atoms with E-state index in [1.54, 1.807) is 32.2 Å². The Labute approximate surface area is 231 Å². The van der Waals surface area contributed by atoms with Crippen molar-refractivity contribution in [3.8, 4) is 5.75 Å². The molecule has 214 valence electrons. The van der Waals surface area contributed by atoms with Crippen molar-refractivity contribution in [2.75, 3.05) is 6.61 Å². The van der Waals surface area contributed by atoms with Gasteiger partial charge in [-0.1, -0.05) is 44.2 Å². The van der Waals surface area contributed by atoms with Crippen molar-refractivity contribution in [3.05, 3.63) is 65.9 Å². The maximum atomic E-state index is 13.3. The topological polar surface area (TPSA) is 207 Å².